The lowest BCUT2D eigenvalue weighted by molar-refractivity contribution is -0.371. The molecule has 8 fully saturated rings. The molecule has 5 N–H and O–H groups in total. The summed E-state index contributed by atoms with van der Waals surface area (Å²) < 4.78 is 69.7. The Labute approximate surface area is 421 Å². The SMILES string of the molecule is C/C=C(/C)C(=O)O[C@@H]1[C@@H](OC(=O)c2ccccc2)[C@@H]2[C@@]3(C)CC[C@H](O[C@H]4C[C@@H](OC)[C@H](O[C@@H]5O[C@H](C)[C@@H](O[C@@H]6O[C@H](CO)[C@@H](O)[C@H](O)[C@H]6O)[C@@H](OC)[C@H]5O)[C@@H](C)O4)C[C@@H]3CC[C@]23O[C@@]32CC[C@@H](C(C)=O)[C@@]12C. The van der Waals surface area contributed by atoms with Crippen LogP contribution in [0.2, 0.25) is 0 Å². The monoisotopic (exact) mass is 1020 g/mol. The summed E-state index contributed by atoms with van der Waals surface area (Å²) in [6.45, 7) is 12.2. The maximum atomic E-state index is 14.3. The van der Waals surface area contributed by atoms with Crippen LogP contribution in [0.15, 0.2) is 42.0 Å². The van der Waals surface area contributed by atoms with Crippen LogP contribution in [0.3, 0.4) is 0 Å². The molecule has 0 unspecified atom stereocenters. The second-order valence-corrected chi connectivity index (χ2v) is 22.2. The van der Waals surface area contributed by atoms with Crippen molar-refractivity contribution in [1.29, 1.82) is 0 Å². The average Bonchev–Trinajstić information content (AvgIpc) is 3.91. The summed E-state index contributed by atoms with van der Waals surface area (Å²) in [5.41, 5.74) is -2.09. The molecule has 402 valence electrons. The van der Waals surface area contributed by atoms with Gasteiger partial charge in [0.25, 0.3) is 0 Å². The molecule has 4 aliphatic heterocycles. The summed E-state index contributed by atoms with van der Waals surface area (Å²) in [6, 6.07) is 8.80. The number of carbonyl (C=O) groups is 3. The maximum absolute atomic E-state index is 14.3. The molecule has 4 aliphatic carbocycles. The summed E-state index contributed by atoms with van der Waals surface area (Å²) in [4.78, 5) is 41.8. The molecule has 2 spiro atoms. The molecule has 4 saturated heterocycles. The molecule has 0 amide bonds. The van der Waals surface area contributed by atoms with E-state index in [2.05, 4.69) is 6.92 Å². The first-order valence-corrected chi connectivity index (χ1v) is 25.9. The standard InChI is InChI=1S/C53H76O19/c1-10-25(2)46(60)71-45-43(68-47(61)29-14-12-11-13-15-29)44-50(6)19-17-31(22-30(50)16-20-52(44)53(72-52)21-18-32(26(3)55)51(45,53)7)66-35-23-33(62-8)40(27(4)64-35)69-49-39(59)42(63-9)41(28(5)65-49)70-48-38(58)37(57)36(56)34(24-54)67-48/h10-15,27-28,30-45,48-49,54,56-59H,16-24H2,1-9H3/b25-10-/t27-,28-,30+,31+,32+,33-,34-,35+,36-,37+,38-,39-,40-,41-,42+,43+,44-,45-,48+,49+,50+,51+,52+,53-/m1/s1. The van der Waals surface area contributed by atoms with Gasteiger partial charge in [-0.15, -0.1) is 0 Å². The quantitative estimate of drug-likeness (QED) is 0.0777. The van der Waals surface area contributed by atoms with Crippen LogP contribution in [0.1, 0.15) is 110 Å². The third-order valence-electron chi connectivity index (χ3n) is 18.6. The van der Waals surface area contributed by atoms with Crippen molar-refractivity contribution in [2.75, 3.05) is 20.8 Å². The molecule has 24 atom stereocenters. The van der Waals surface area contributed by atoms with Crippen molar-refractivity contribution >= 4 is 17.7 Å². The van der Waals surface area contributed by atoms with E-state index in [4.69, 9.17) is 52.1 Å². The Morgan fingerprint density at radius 2 is 1.44 bits per heavy atom. The molecule has 8 aliphatic rings. The lowest BCUT2D eigenvalue weighted by Crippen LogP contribution is -2.70. The van der Waals surface area contributed by atoms with Gasteiger partial charge in [0.15, 0.2) is 18.9 Å². The summed E-state index contributed by atoms with van der Waals surface area (Å²) in [6.07, 6.45) is -11.0. The van der Waals surface area contributed by atoms with Gasteiger partial charge >= 0.3 is 11.9 Å². The fourth-order valence-corrected chi connectivity index (χ4v) is 14.7. The Bertz CT molecular complexity index is 2160. The number of fused-ring (bicyclic) bond motifs is 2. The maximum Gasteiger partial charge on any atom is 0.338 e. The molecule has 4 heterocycles. The third kappa shape index (κ3) is 8.72. The summed E-state index contributed by atoms with van der Waals surface area (Å²) >= 11 is 0. The van der Waals surface area contributed by atoms with Gasteiger partial charge in [-0.1, -0.05) is 38.1 Å². The second kappa shape index (κ2) is 20.5. The number of epoxide rings is 1. The highest BCUT2D eigenvalue weighted by atomic mass is 16.8. The number of hydrogen-bond acceptors (Lipinski definition) is 19. The normalized spacial score (nSPS) is 48.8. The highest BCUT2D eigenvalue weighted by molar-refractivity contribution is 5.90. The van der Waals surface area contributed by atoms with E-state index in [1.807, 2.05) is 19.9 Å². The molecular formula is C53H76O19. The van der Waals surface area contributed by atoms with Crippen molar-refractivity contribution in [1.82, 2.24) is 0 Å². The van der Waals surface area contributed by atoms with Crippen LogP contribution in [0.25, 0.3) is 0 Å². The van der Waals surface area contributed by atoms with Gasteiger partial charge in [-0.25, -0.2) is 9.59 Å². The first-order valence-electron chi connectivity index (χ1n) is 25.9. The number of benzene rings is 1. The number of ether oxygens (including phenoxy) is 11. The van der Waals surface area contributed by atoms with Gasteiger partial charge in [-0.3, -0.25) is 4.79 Å². The lowest BCUT2D eigenvalue weighted by Gasteiger charge is -2.61. The predicted octanol–water partition coefficient (Wildman–Crippen LogP) is 3.06. The summed E-state index contributed by atoms with van der Waals surface area (Å²) in [5.74, 6) is -1.81. The van der Waals surface area contributed by atoms with Gasteiger partial charge in [-0.05, 0) is 103 Å². The predicted molar refractivity (Wildman–Crippen MR) is 250 cm³/mol. The molecule has 72 heavy (non-hydrogen) atoms. The fraction of sp³-hybridized carbons (Fsp3) is 0.792. The minimum Gasteiger partial charge on any atom is -0.454 e. The molecule has 19 heteroatoms. The third-order valence-corrected chi connectivity index (χ3v) is 18.6. The minimum absolute atomic E-state index is 0.00801. The molecule has 19 nitrogen and oxygen atoms in total. The fourth-order valence-electron chi connectivity index (χ4n) is 14.7. The van der Waals surface area contributed by atoms with Crippen LogP contribution in [0, 0.1) is 28.6 Å². The van der Waals surface area contributed by atoms with Crippen LogP contribution in [-0.4, -0.2) is 180 Å². The van der Waals surface area contributed by atoms with E-state index in [-0.39, 0.29) is 23.7 Å². The van der Waals surface area contributed by atoms with Crippen molar-refractivity contribution in [2.24, 2.45) is 28.6 Å². The van der Waals surface area contributed by atoms with Crippen LogP contribution in [-0.2, 0) is 61.7 Å². The van der Waals surface area contributed by atoms with E-state index in [0.717, 1.165) is 6.42 Å². The first-order chi connectivity index (χ1) is 34.2. The molecule has 4 saturated carbocycles. The van der Waals surface area contributed by atoms with Gasteiger partial charge < -0.3 is 77.6 Å². The zero-order valence-electron chi connectivity index (χ0n) is 42.8. The van der Waals surface area contributed by atoms with E-state index < -0.39 is 145 Å². The van der Waals surface area contributed by atoms with Crippen LogP contribution < -0.4 is 0 Å². The number of methoxy groups -OCH3 is 2. The molecular weight excluding hydrogens is 941 g/mol. The van der Waals surface area contributed by atoms with Crippen molar-refractivity contribution in [2.45, 2.75) is 215 Å². The van der Waals surface area contributed by atoms with Crippen molar-refractivity contribution < 1.29 is 92.0 Å². The molecule has 0 aromatic heterocycles. The zero-order valence-corrected chi connectivity index (χ0v) is 42.8. The number of rotatable bonds is 14. The van der Waals surface area contributed by atoms with Gasteiger partial charge in [0.05, 0.1) is 36.6 Å². The highest BCUT2D eigenvalue weighted by Gasteiger charge is 2.91. The number of Topliss-reactive ketones (excluding diaryl/α,β-unsaturated/α-hetero) is 1. The Morgan fingerprint density at radius 1 is 0.750 bits per heavy atom. The van der Waals surface area contributed by atoms with E-state index in [1.54, 1.807) is 65.1 Å². The van der Waals surface area contributed by atoms with Crippen molar-refractivity contribution in [3.8, 4) is 0 Å². The van der Waals surface area contributed by atoms with Gasteiger partial charge in [0, 0.05) is 43.5 Å². The van der Waals surface area contributed by atoms with Crippen LogP contribution in [0.4, 0.5) is 0 Å². The average molecular weight is 1020 g/mol. The molecule has 1 aromatic rings. The van der Waals surface area contributed by atoms with E-state index >= 15 is 0 Å². The van der Waals surface area contributed by atoms with E-state index in [1.165, 1.54) is 7.11 Å². The van der Waals surface area contributed by atoms with Crippen LogP contribution in [0.5, 0.6) is 0 Å². The molecule has 1 aromatic carbocycles. The van der Waals surface area contributed by atoms with Crippen LogP contribution >= 0.6 is 0 Å². The Morgan fingerprint density at radius 3 is 2.11 bits per heavy atom. The molecule has 0 bridgehead atoms. The minimum atomic E-state index is -1.67. The number of carbonyl (C=O) groups excluding carboxylic acids is 3. The van der Waals surface area contributed by atoms with Crippen molar-refractivity contribution in [3.63, 3.8) is 0 Å². The molecule has 0 radical (unpaired) electrons. The second-order valence-electron chi connectivity index (χ2n) is 22.2. The van der Waals surface area contributed by atoms with E-state index in [9.17, 15) is 39.9 Å². The first kappa shape index (κ1) is 53.8. The number of esters is 2. The lowest BCUT2D eigenvalue weighted by atomic mass is 9.43. The van der Waals surface area contributed by atoms with Gasteiger partial charge in [0.2, 0.25) is 0 Å². The summed E-state index contributed by atoms with van der Waals surface area (Å²) in [7, 11) is 2.94. The number of allylic oxidation sites excluding steroid dienone is 1. The number of aliphatic hydroxyl groups is 5. The Kier molecular flexibility index (Phi) is 15.3. The topological polar surface area (TPSA) is 257 Å². The Balaban J connectivity index is 0.899. The molecule has 9 rings (SSSR count). The van der Waals surface area contributed by atoms with Gasteiger partial charge in [0.1, 0.15) is 78.0 Å². The summed E-state index contributed by atoms with van der Waals surface area (Å²) in [5, 5.41) is 52.5. The number of aliphatic hydroxyl groups excluding tert-OH is 5. The smallest absolute Gasteiger partial charge is 0.338 e. The zero-order chi connectivity index (χ0) is 51.8. The van der Waals surface area contributed by atoms with Gasteiger partial charge in [-0.2, -0.15) is 0 Å². The van der Waals surface area contributed by atoms with Crippen molar-refractivity contribution in [3.05, 3.63) is 47.5 Å². The highest BCUT2D eigenvalue weighted by Crippen LogP contribution is 2.81. The largest absolute Gasteiger partial charge is 0.454 e. The van der Waals surface area contributed by atoms with E-state index in [0.29, 0.717) is 56.1 Å². The Hall–Kier alpha value is -2.99. The number of ketones is 1. The number of hydrogen-bond donors (Lipinski definition) is 5.